The predicted octanol–water partition coefficient (Wildman–Crippen LogP) is 1.73. The lowest BCUT2D eigenvalue weighted by Gasteiger charge is -2.36. The minimum Gasteiger partial charge on any atom is -0.494 e. The molecule has 150 valence electrons. The summed E-state index contributed by atoms with van der Waals surface area (Å²) in [5.41, 5.74) is 0. The number of rotatable bonds is 5. The minimum atomic E-state index is -3.54. The number of amides is 1. The van der Waals surface area contributed by atoms with Crippen LogP contribution in [0.1, 0.15) is 26.7 Å². The Labute approximate surface area is 161 Å². The maximum atomic E-state index is 12.9. The second-order valence-electron chi connectivity index (χ2n) is 7.05. The van der Waals surface area contributed by atoms with Crippen LogP contribution in [-0.4, -0.2) is 69.0 Å². The lowest BCUT2D eigenvalue weighted by atomic mass is 9.96. The van der Waals surface area contributed by atoms with Gasteiger partial charge in [-0.2, -0.15) is 4.31 Å². The van der Waals surface area contributed by atoms with Crippen LogP contribution >= 0.6 is 0 Å². The fourth-order valence-corrected chi connectivity index (χ4v) is 5.11. The lowest BCUT2D eigenvalue weighted by molar-refractivity contribution is -0.143. The Bertz CT molecular complexity index is 742. The predicted molar refractivity (Wildman–Crippen MR) is 101 cm³/mol. The Balaban J connectivity index is 1.59. The number of hydrogen-bond donors (Lipinski definition) is 0. The van der Waals surface area contributed by atoms with E-state index >= 15 is 0 Å². The molecule has 0 aromatic heterocycles. The Morgan fingerprint density at radius 3 is 2.44 bits per heavy atom. The Morgan fingerprint density at radius 2 is 1.85 bits per heavy atom. The molecule has 1 atom stereocenters. The number of carbonyl (C=O) groups is 1. The van der Waals surface area contributed by atoms with Gasteiger partial charge in [-0.3, -0.25) is 4.79 Å². The van der Waals surface area contributed by atoms with E-state index < -0.39 is 10.0 Å². The smallest absolute Gasteiger partial charge is 0.243 e. The Morgan fingerprint density at radius 1 is 1.19 bits per heavy atom. The molecule has 2 aliphatic rings. The van der Waals surface area contributed by atoms with Crippen LogP contribution in [-0.2, 0) is 19.6 Å². The van der Waals surface area contributed by atoms with Crippen molar-refractivity contribution in [2.75, 3.05) is 39.4 Å². The summed E-state index contributed by atoms with van der Waals surface area (Å²) in [6, 6.07) is 6.50. The zero-order chi connectivity index (χ0) is 19.4. The monoisotopic (exact) mass is 396 g/mol. The SMILES string of the molecule is CCOc1ccc(S(=O)(=O)N2CCC(C(=O)N3CCOC(C)C3)CC2)cc1. The van der Waals surface area contributed by atoms with Crippen LogP contribution in [0.3, 0.4) is 0 Å². The van der Waals surface area contributed by atoms with Crippen LogP contribution in [0, 0.1) is 5.92 Å². The van der Waals surface area contributed by atoms with Crippen molar-refractivity contribution in [2.45, 2.75) is 37.7 Å². The summed E-state index contributed by atoms with van der Waals surface area (Å²) >= 11 is 0. The molecule has 2 saturated heterocycles. The van der Waals surface area contributed by atoms with E-state index in [1.54, 1.807) is 24.3 Å². The third kappa shape index (κ3) is 4.62. The molecular formula is C19H28N2O5S. The molecule has 1 amide bonds. The summed E-state index contributed by atoms with van der Waals surface area (Å²) in [6.07, 6.45) is 1.17. The number of hydrogen-bond acceptors (Lipinski definition) is 5. The topological polar surface area (TPSA) is 76.2 Å². The number of morpholine rings is 1. The third-order valence-corrected chi connectivity index (χ3v) is 7.04. The summed E-state index contributed by atoms with van der Waals surface area (Å²) in [7, 11) is -3.54. The van der Waals surface area contributed by atoms with Gasteiger partial charge in [-0.1, -0.05) is 0 Å². The van der Waals surface area contributed by atoms with Crippen molar-refractivity contribution in [3.8, 4) is 5.75 Å². The van der Waals surface area contributed by atoms with Gasteiger partial charge in [0.25, 0.3) is 0 Å². The summed E-state index contributed by atoms with van der Waals surface area (Å²) in [4.78, 5) is 14.8. The van der Waals surface area contributed by atoms with Gasteiger partial charge in [-0.05, 0) is 51.0 Å². The molecule has 0 spiro atoms. The molecule has 8 heteroatoms. The molecule has 0 aliphatic carbocycles. The van der Waals surface area contributed by atoms with Gasteiger partial charge < -0.3 is 14.4 Å². The number of piperidine rings is 1. The van der Waals surface area contributed by atoms with Gasteiger partial charge in [-0.15, -0.1) is 0 Å². The molecule has 1 unspecified atom stereocenters. The van der Waals surface area contributed by atoms with Crippen molar-refractivity contribution in [3.63, 3.8) is 0 Å². The van der Waals surface area contributed by atoms with Gasteiger partial charge in [0.1, 0.15) is 5.75 Å². The molecule has 2 aliphatic heterocycles. The van der Waals surface area contributed by atoms with Crippen LogP contribution < -0.4 is 4.74 Å². The number of sulfonamides is 1. The van der Waals surface area contributed by atoms with Crippen molar-refractivity contribution < 1.29 is 22.7 Å². The highest BCUT2D eigenvalue weighted by molar-refractivity contribution is 7.89. The van der Waals surface area contributed by atoms with Crippen molar-refractivity contribution in [3.05, 3.63) is 24.3 Å². The second kappa shape index (κ2) is 8.58. The molecule has 0 bridgehead atoms. The maximum Gasteiger partial charge on any atom is 0.243 e. The highest BCUT2D eigenvalue weighted by Gasteiger charge is 2.34. The zero-order valence-corrected chi connectivity index (χ0v) is 16.8. The Kier molecular flexibility index (Phi) is 6.39. The number of benzene rings is 1. The average molecular weight is 397 g/mol. The van der Waals surface area contributed by atoms with Crippen molar-refractivity contribution >= 4 is 15.9 Å². The number of carbonyl (C=O) groups excluding carboxylic acids is 1. The van der Waals surface area contributed by atoms with E-state index in [4.69, 9.17) is 9.47 Å². The first-order chi connectivity index (χ1) is 12.9. The number of ether oxygens (including phenoxy) is 2. The van der Waals surface area contributed by atoms with Crippen LogP contribution in [0.15, 0.2) is 29.2 Å². The van der Waals surface area contributed by atoms with Crippen LogP contribution in [0.4, 0.5) is 0 Å². The maximum absolute atomic E-state index is 12.9. The van der Waals surface area contributed by atoms with Crippen molar-refractivity contribution in [2.24, 2.45) is 5.92 Å². The first kappa shape index (κ1) is 20.1. The highest BCUT2D eigenvalue weighted by atomic mass is 32.2. The molecule has 27 heavy (non-hydrogen) atoms. The first-order valence-corrected chi connectivity index (χ1v) is 11.0. The quantitative estimate of drug-likeness (QED) is 0.758. The van der Waals surface area contributed by atoms with Crippen LogP contribution in [0.5, 0.6) is 5.75 Å². The van der Waals surface area contributed by atoms with E-state index in [1.165, 1.54) is 4.31 Å². The lowest BCUT2D eigenvalue weighted by Crippen LogP contribution is -2.49. The fourth-order valence-electron chi connectivity index (χ4n) is 3.64. The van der Waals surface area contributed by atoms with E-state index in [0.717, 1.165) is 0 Å². The molecule has 2 fully saturated rings. The van der Waals surface area contributed by atoms with Gasteiger partial charge in [0.15, 0.2) is 0 Å². The normalized spacial score (nSPS) is 22.6. The van der Waals surface area contributed by atoms with E-state index in [2.05, 4.69) is 0 Å². The summed E-state index contributed by atoms with van der Waals surface area (Å²) in [5, 5.41) is 0. The fraction of sp³-hybridized carbons (Fsp3) is 0.632. The van der Waals surface area contributed by atoms with Crippen molar-refractivity contribution in [1.82, 2.24) is 9.21 Å². The van der Waals surface area contributed by atoms with E-state index in [9.17, 15) is 13.2 Å². The minimum absolute atomic E-state index is 0.0582. The van der Waals surface area contributed by atoms with E-state index in [1.807, 2.05) is 18.7 Å². The molecule has 2 heterocycles. The van der Waals surface area contributed by atoms with Gasteiger partial charge in [0, 0.05) is 32.1 Å². The molecule has 7 nitrogen and oxygen atoms in total. The van der Waals surface area contributed by atoms with Gasteiger partial charge >= 0.3 is 0 Å². The average Bonchev–Trinajstić information content (AvgIpc) is 2.68. The molecule has 1 aromatic rings. The third-order valence-electron chi connectivity index (χ3n) is 5.13. The van der Waals surface area contributed by atoms with Gasteiger partial charge in [0.2, 0.25) is 15.9 Å². The summed E-state index contributed by atoms with van der Waals surface area (Å²) < 4.78 is 38.0. The van der Waals surface area contributed by atoms with Crippen LogP contribution in [0.2, 0.25) is 0 Å². The molecular weight excluding hydrogens is 368 g/mol. The summed E-state index contributed by atoms with van der Waals surface area (Å²) in [5.74, 6) is 0.672. The summed E-state index contributed by atoms with van der Waals surface area (Å²) in [6.45, 7) is 6.92. The molecule has 1 aromatic carbocycles. The standard InChI is InChI=1S/C19H28N2O5S/c1-3-25-17-4-6-18(7-5-17)27(23,24)21-10-8-16(9-11-21)19(22)20-12-13-26-15(2)14-20/h4-7,15-16H,3,8-14H2,1-2H3. The van der Waals surface area contributed by atoms with E-state index in [-0.39, 0.29) is 22.8 Å². The number of nitrogens with zero attached hydrogens (tertiary/aromatic N) is 2. The Hall–Kier alpha value is -1.64. The largest absolute Gasteiger partial charge is 0.494 e. The molecule has 0 N–H and O–H groups in total. The first-order valence-electron chi connectivity index (χ1n) is 9.55. The second-order valence-corrected chi connectivity index (χ2v) is 8.99. The molecule has 0 saturated carbocycles. The van der Waals surface area contributed by atoms with Crippen LogP contribution in [0.25, 0.3) is 0 Å². The van der Waals surface area contributed by atoms with Gasteiger partial charge in [0.05, 0.1) is 24.2 Å². The van der Waals surface area contributed by atoms with Gasteiger partial charge in [-0.25, -0.2) is 8.42 Å². The van der Waals surface area contributed by atoms with Crippen molar-refractivity contribution in [1.29, 1.82) is 0 Å². The zero-order valence-electron chi connectivity index (χ0n) is 16.0. The van der Waals surface area contributed by atoms with E-state index in [0.29, 0.717) is 58.0 Å². The molecule has 0 radical (unpaired) electrons. The highest BCUT2D eigenvalue weighted by Crippen LogP contribution is 2.26. The molecule has 3 rings (SSSR count).